The van der Waals surface area contributed by atoms with Crippen molar-refractivity contribution >= 4 is 23.1 Å². The third-order valence-corrected chi connectivity index (χ3v) is 3.17. The van der Waals surface area contributed by atoms with E-state index in [2.05, 4.69) is 5.32 Å². The number of Topliss-reactive ketones (excluding diaryl/α,β-unsaturated/α-hetero) is 1. The van der Waals surface area contributed by atoms with Crippen molar-refractivity contribution in [3.8, 4) is 0 Å². The molecule has 0 saturated carbocycles. The predicted molar refractivity (Wildman–Crippen MR) is 80.0 cm³/mol. The van der Waals surface area contributed by atoms with Gasteiger partial charge < -0.3 is 11.1 Å². The highest BCUT2D eigenvalue weighted by Crippen LogP contribution is 2.18. The molecule has 0 radical (unpaired) electrons. The van der Waals surface area contributed by atoms with Gasteiger partial charge in [0.25, 0.3) is 5.91 Å². The molecule has 0 bridgehead atoms. The summed E-state index contributed by atoms with van der Waals surface area (Å²) in [5.41, 5.74) is 8.93. The van der Waals surface area contributed by atoms with E-state index in [0.29, 0.717) is 22.5 Å². The Morgan fingerprint density at radius 3 is 2.30 bits per heavy atom. The van der Waals surface area contributed by atoms with Crippen molar-refractivity contribution in [3.63, 3.8) is 0 Å². The molecule has 0 spiro atoms. The topological polar surface area (TPSA) is 72.2 Å². The number of nitrogen functional groups attached to an aromatic ring is 1. The van der Waals surface area contributed by atoms with Gasteiger partial charge in [-0.25, -0.2) is 0 Å². The van der Waals surface area contributed by atoms with Crippen LogP contribution in [0, 0.1) is 6.92 Å². The van der Waals surface area contributed by atoms with Crippen LogP contribution in [0.15, 0.2) is 42.5 Å². The molecule has 0 heterocycles. The van der Waals surface area contributed by atoms with Gasteiger partial charge >= 0.3 is 0 Å². The van der Waals surface area contributed by atoms with Crippen LogP contribution in [0.3, 0.4) is 0 Å². The number of carbonyl (C=O) groups is 2. The fourth-order valence-electron chi connectivity index (χ4n) is 1.89. The van der Waals surface area contributed by atoms with Crippen molar-refractivity contribution in [1.29, 1.82) is 0 Å². The van der Waals surface area contributed by atoms with Crippen LogP contribution < -0.4 is 11.1 Å². The largest absolute Gasteiger partial charge is 0.398 e. The molecule has 0 aliphatic heterocycles. The first-order chi connectivity index (χ1) is 9.49. The fraction of sp³-hybridized carbons (Fsp3) is 0.125. The molecule has 2 aromatic carbocycles. The Hall–Kier alpha value is -2.62. The Balaban J connectivity index is 2.19. The molecule has 2 rings (SSSR count). The van der Waals surface area contributed by atoms with Gasteiger partial charge in [-0.05, 0) is 55.8 Å². The van der Waals surface area contributed by atoms with Crippen LogP contribution >= 0.6 is 0 Å². The Morgan fingerprint density at radius 1 is 1.05 bits per heavy atom. The summed E-state index contributed by atoms with van der Waals surface area (Å²) in [6, 6.07) is 12.0. The van der Waals surface area contributed by atoms with Crippen LogP contribution in [-0.2, 0) is 0 Å². The van der Waals surface area contributed by atoms with Crippen LogP contribution in [0.1, 0.15) is 33.2 Å². The van der Waals surface area contributed by atoms with Gasteiger partial charge in [-0.15, -0.1) is 0 Å². The maximum Gasteiger partial charge on any atom is 0.256 e. The first-order valence-electron chi connectivity index (χ1n) is 6.26. The van der Waals surface area contributed by atoms with Gasteiger partial charge in [-0.3, -0.25) is 9.59 Å². The maximum absolute atomic E-state index is 12.2. The smallest absolute Gasteiger partial charge is 0.256 e. The maximum atomic E-state index is 12.2. The molecule has 0 aromatic heterocycles. The minimum absolute atomic E-state index is 0.00504. The average molecular weight is 268 g/mol. The molecule has 4 nitrogen and oxygen atoms in total. The van der Waals surface area contributed by atoms with E-state index in [1.807, 2.05) is 6.92 Å². The van der Waals surface area contributed by atoms with E-state index < -0.39 is 0 Å². The Bertz CT molecular complexity index is 661. The summed E-state index contributed by atoms with van der Waals surface area (Å²) in [6.45, 7) is 3.31. The molecular weight excluding hydrogens is 252 g/mol. The van der Waals surface area contributed by atoms with Crippen molar-refractivity contribution in [2.75, 3.05) is 11.1 Å². The lowest BCUT2D eigenvalue weighted by Crippen LogP contribution is -2.14. The molecule has 1 amide bonds. The number of anilines is 2. The molecule has 0 aliphatic carbocycles. The van der Waals surface area contributed by atoms with Crippen molar-refractivity contribution in [1.82, 2.24) is 0 Å². The van der Waals surface area contributed by atoms with Gasteiger partial charge in [0.15, 0.2) is 5.78 Å². The lowest BCUT2D eigenvalue weighted by atomic mass is 10.1. The number of hydrogen-bond donors (Lipinski definition) is 2. The molecule has 2 aromatic rings. The monoisotopic (exact) mass is 268 g/mol. The number of hydrogen-bond acceptors (Lipinski definition) is 3. The second-order valence-electron chi connectivity index (χ2n) is 4.61. The predicted octanol–water partition coefficient (Wildman–Crippen LogP) is 3.03. The molecule has 0 unspecified atom stereocenters. The van der Waals surface area contributed by atoms with Crippen LogP contribution in [0.4, 0.5) is 11.4 Å². The van der Waals surface area contributed by atoms with Crippen LogP contribution in [0.25, 0.3) is 0 Å². The van der Waals surface area contributed by atoms with Crippen LogP contribution in [-0.4, -0.2) is 11.7 Å². The Kier molecular flexibility index (Phi) is 3.84. The summed E-state index contributed by atoms with van der Waals surface area (Å²) in [7, 11) is 0. The molecule has 20 heavy (non-hydrogen) atoms. The highest BCUT2D eigenvalue weighted by molar-refractivity contribution is 6.06. The lowest BCUT2D eigenvalue weighted by molar-refractivity contribution is 0.101. The zero-order valence-corrected chi connectivity index (χ0v) is 11.4. The SMILES string of the molecule is CC(=O)c1ccc(NC(=O)c2cccc(N)c2C)cc1. The molecule has 4 heteroatoms. The summed E-state index contributed by atoms with van der Waals surface area (Å²) in [4.78, 5) is 23.4. The van der Waals surface area contributed by atoms with E-state index in [9.17, 15) is 9.59 Å². The van der Waals surface area contributed by atoms with Crippen LogP contribution in [0.2, 0.25) is 0 Å². The summed E-state index contributed by atoms with van der Waals surface area (Å²) < 4.78 is 0. The fourth-order valence-corrected chi connectivity index (χ4v) is 1.89. The number of nitrogens with one attached hydrogen (secondary N) is 1. The van der Waals surface area contributed by atoms with Crippen molar-refractivity contribution < 1.29 is 9.59 Å². The Morgan fingerprint density at radius 2 is 1.70 bits per heavy atom. The molecule has 0 saturated heterocycles. The zero-order valence-electron chi connectivity index (χ0n) is 11.4. The van der Waals surface area contributed by atoms with Gasteiger partial charge in [-0.2, -0.15) is 0 Å². The highest BCUT2D eigenvalue weighted by atomic mass is 16.1. The number of nitrogens with two attached hydrogens (primary N) is 1. The van der Waals surface area contributed by atoms with Gasteiger partial charge in [0.05, 0.1) is 0 Å². The van der Waals surface area contributed by atoms with E-state index in [1.165, 1.54) is 6.92 Å². The molecule has 3 N–H and O–H groups in total. The third-order valence-electron chi connectivity index (χ3n) is 3.17. The summed E-state index contributed by atoms with van der Waals surface area (Å²) in [5, 5.41) is 2.79. The van der Waals surface area contributed by atoms with Gasteiger partial charge in [-0.1, -0.05) is 6.07 Å². The second-order valence-corrected chi connectivity index (χ2v) is 4.61. The van der Waals surface area contributed by atoms with Gasteiger partial charge in [0, 0.05) is 22.5 Å². The lowest BCUT2D eigenvalue weighted by Gasteiger charge is -2.09. The summed E-state index contributed by atoms with van der Waals surface area (Å²) in [6.07, 6.45) is 0. The molecule has 0 fully saturated rings. The molecular formula is C16H16N2O2. The number of carbonyl (C=O) groups excluding carboxylic acids is 2. The van der Waals surface area contributed by atoms with E-state index in [1.54, 1.807) is 42.5 Å². The van der Waals surface area contributed by atoms with E-state index in [-0.39, 0.29) is 11.7 Å². The number of rotatable bonds is 3. The molecule has 102 valence electrons. The zero-order chi connectivity index (χ0) is 14.7. The molecule has 0 atom stereocenters. The van der Waals surface area contributed by atoms with E-state index >= 15 is 0 Å². The third kappa shape index (κ3) is 2.85. The summed E-state index contributed by atoms with van der Waals surface area (Å²) >= 11 is 0. The normalized spacial score (nSPS) is 10.1. The molecule has 0 aliphatic rings. The van der Waals surface area contributed by atoms with E-state index in [0.717, 1.165) is 5.56 Å². The van der Waals surface area contributed by atoms with Gasteiger partial charge in [0.2, 0.25) is 0 Å². The number of benzene rings is 2. The minimum Gasteiger partial charge on any atom is -0.398 e. The standard InChI is InChI=1S/C16H16N2O2/c1-10-14(4-3-5-15(10)17)16(20)18-13-8-6-12(7-9-13)11(2)19/h3-9H,17H2,1-2H3,(H,18,20). The van der Waals surface area contributed by atoms with Gasteiger partial charge in [0.1, 0.15) is 0 Å². The van der Waals surface area contributed by atoms with Crippen molar-refractivity contribution in [3.05, 3.63) is 59.2 Å². The first kappa shape index (κ1) is 13.8. The Labute approximate surface area is 117 Å². The first-order valence-corrected chi connectivity index (χ1v) is 6.26. The summed E-state index contributed by atoms with van der Waals surface area (Å²) in [5.74, 6) is -0.222. The quantitative estimate of drug-likeness (QED) is 0.664. The van der Waals surface area contributed by atoms with Crippen LogP contribution in [0.5, 0.6) is 0 Å². The minimum atomic E-state index is -0.217. The number of amides is 1. The second kappa shape index (κ2) is 5.57. The number of ketones is 1. The van der Waals surface area contributed by atoms with Crippen molar-refractivity contribution in [2.45, 2.75) is 13.8 Å². The average Bonchev–Trinajstić information content (AvgIpc) is 2.42. The highest BCUT2D eigenvalue weighted by Gasteiger charge is 2.10. The van der Waals surface area contributed by atoms with E-state index in [4.69, 9.17) is 5.73 Å². The van der Waals surface area contributed by atoms with Crippen molar-refractivity contribution in [2.24, 2.45) is 0 Å².